The summed E-state index contributed by atoms with van der Waals surface area (Å²) in [6.07, 6.45) is 5.89. The molecule has 1 saturated heterocycles. The number of nitrogens with zero attached hydrogens (tertiary/aromatic N) is 1. The Balaban J connectivity index is 1.71. The molecule has 110 valence electrons. The molecule has 0 radical (unpaired) electrons. The van der Waals surface area contributed by atoms with Crippen LogP contribution in [0.5, 0.6) is 5.75 Å². The summed E-state index contributed by atoms with van der Waals surface area (Å²) in [7, 11) is 0. The SMILES string of the molecule is C[C@@H]1CCC[C@H](C)N1CCCOc1ccc(C=O)cc1. The lowest BCUT2D eigenvalue weighted by atomic mass is 9.97. The predicted molar refractivity (Wildman–Crippen MR) is 81.4 cm³/mol. The number of rotatable bonds is 6. The molecule has 0 aliphatic carbocycles. The van der Waals surface area contributed by atoms with Crippen molar-refractivity contribution in [1.29, 1.82) is 0 Å². The van der Waals surface area contributed by atoms with Gasteiger partial charge in [0, 0.05) is 24.2 Å². The summed E-state index contributed by atoms with van der Waals surface area (Å²) in [5.41, 5.74) is 0.688. The first kappa shape index (κ1) is 15.0. The fraction of sp³-hybridized carbons (Fsp3) is 0.588. The molecule has 3 heteroatoms. The summed E-state index contributed by atoms with van der Waals surface area (Å²) in [5.74, 6) is 0.843. The van der Waals surface area contributed by atoms with E-state index in [9.17, 15) is 4.79 Å². The standard InChI is InChI=1S/C17H25NO2/c1-14-5-3-6-15(2)18(14)11-4-12-20-17-9-7-16(13-19)8-10-17/h7-10,13-15H,3-6,11-12H2,1-2H3/t14-,15+. The Hall–Kier alpha value is -1.35. The lowest BCUT2D eigenvalue weighted by molar-refractivity contribution is 0.0961. The van der Waals surface area contributed by atoms with Gasteiger partial charge in [-0.3, -0.25) is 9.69 Å². The molecule has 1 heterocycles. The average molecular weight is 275 g/mol. The van der Waals surface area contributed by atoms with E-state index in [1.165, 1.54) is 19.3 Å². The Morgan fingerprint density at radius 2 is 1.85 bits per heavy atom. The van der Waals surface area contributed by atoms with Gasteiger partial charge in [-0.25, -0.2) is 0 Å². The Morgan fingerprint density at radius 1 is 1.20 bits per heavy atom. The second kappa shape index (κ2) is 7.44. The van der Waals surface area contributed by atoms with Crippen molar-refractivity contribution in [3.05, 3.63) is 29.8 Å². The molecule has 0 unspecified atom stereocenters. The van der Waals surface area contributed by atoms with Crippen LogP contribution < -0.4 is 4.74 Å². The highest BCUT2D eigenvalue weighted by atomic mass is 16.5. The van der Waals surface area contributed by atoms with Crippen LogP contribution in [0.3, 0.4) is 0 Å². The molecule has 2 rings (SSSR count). The second-order valence-corrected chi connectivity index (χ2v) is 5.76. The number of hydrogen-bond donors (Lipinski definition) is 0. The molecule has 0 aromatic heterocycles. The number of hydrogen-bond acceptors (Lipinski definition) is 3. The van der Waals surface area contributed by atoms with E-state index < -0.39 is 0 Å². The van der Waals surface area contributed by atoms with Gasteiger partial charge in [0.05, 0.1) is 6.61 Å². The zero-order valence-corrected chi connectivity index (χ0v) is 12.5. The van der Waals surface area contributed by atoms with Gasteiger partial charge in [0.2, 0.25) is 0 Å². The number of piperidine rings is 1. The van der Waals surface area contributed by atoms with Crippen molar-refractivity contribution in [2.24, 2.45) is 0 Å². The van der Waals surface area contributed by atoms with Gasteiger partial charge in [-0.05, 0) is 57.4 Å². The third kappa shape index (κ3) is 4.07. The molecule has 0 bridgehead atoms. The fourth-order valence-corrected chi connectivity index (χ4v) is 3.00. The molecular weight excluding hydrogens is 250 g/mol. The number of likely N-dealkylation sites (tertiary alicyclic amines) is 1. The lowest BCUT2D eigenvalue weighted by Gasteiger charge is -2.39. The number of ether oxygens (including phenoxy) is 1. The van der Waals surface area contributed by atoms with Crippen LogP contribution in [0.4, 0.5) is 0 Å². The van der Waals surface area contributed by atoms with E-state index in [-0.39, 0.29) is 0 Å². The minimum atomic E-state index is 0.688. The summed E-state index contributed by atoms with van der Waals surface area (Å²) in [5, 5.41) is 0. The predicted octanol–water partition coefficient (Wildman–Crippen LogP) is 3.53. The van der Waals surface area contributed by atoms with Gasteiger partial charge in [0.1, 0.15) is 12.0 Å². The molecule has 1 aliphatic heterocycles. The molecule has 2 atom stereocenters. The van der Waals surface area contributed by atoms with Crippen LogP contribution in [0.15, 0.2) is 24.3 Å². The normalized spacial score (nSPS) is 23.5. The molecule has 3 nitrogen and oxygen atoms in total. The molecule has 1 aromatic rings. The number of aldehydes is 1. The number of benzene rings is 1. The van der Waals surface area contributed by atoms with E-state index in [0.717, 1.165) is 31.6 Å². The van der Waals surface area contributed by atoms with Crippen LogP contribution in [0.1, 0.15) is 49.9 Å². The van der Waals surface area contributed by atoms with Gasteiger partial charge in [0.25, 0.3) is 0 Å². The van der Waals surface area contributed by atoms with Crippen LogP contribution in [0.25, 0.3) is 0 Å². The van der Waals surface area contributed by atoms with Crippen LogP contribution in [-0.4, -0.2) is 36.4 Å². The van der Waals surface area contributed by atoms with E-state index in [1.54, 1.807) is 12.1 Å². The number of carbonyl (C=O) groups excluding carboxylic acids is 1. The zero-order chi connectivity index (χ0) is 14.4. The van der Waals surface area contributed by atoms with Gasteiger partial charge in [-0.2, -0.15) is 0 Å². The molecule has 1 fully saturated rings. The molecule has 0 amide bonds. The zero-order valence-electron chi connectivity index (χ0n) is 12.5. The Bertz CT molecular complexity index is 406. The first-order valence-electron chi connectivity index (χ1n) is 7.64. The summed E-state index contributed by atoms with van der Waals surface area (Å²) in [4.78, 5) is 13.2. The Kier molecular flexibility index (Phi) is 5.60. The van der Waals surface area contributed by atoms with Gasteiger partial charge in [0.15, 0.2) is 0 Å². The van der Waals surface area contributed by atoms with E-state index >= 15 is 0 Å². The summed E-state index contributed by atoms with van der Waals surface area (Å²) >= 11 is 0. The van der Waals surface area contributed by atoms with E-state index in [0.29, 0.717) is 17.6 Å². The van der Waals surface area contributed by atoms with Crippen molar-refractivity contribution in [3.63, 3.8) is 0 Å². The largest absolute Gasteiger partial charge is 0.494 e. The Labute approximate surface area is 121 Å². The Morgan fingerprint density at radius 3 is 2.45 bits per heavy atom. The van der Waals surface area contributed by atoms with Crippen molar-refractivity contribution in [1.82, 2.24) is 4.90 Å². The van der Waals surface area contributed by atoms with Crippen LogP contribution in [0, 0.1) is 0 Å². The minimum absolute atomic E-state index is 0.688. The van der Waals surface area contributed by atoms with Crippen LogP contribution in [-0.2, 0) is 0 Å². The smallest absolute Gasteiger partial charge is 0.150 e. The van der Waals surface area contributed by atoms with Crippen LogP contribution in [0.2, 0.25) is 0 Å². The van der Waals surface area contributed by atoms with Gasteiger partial charge >= 0.3 is 0 Å². The van der Waals surface area contributed by atoms with Crippen molar-refractivity contribution in [2.45, 2.75) is 51.6 Å². The van der Waals surface area contributed by atoms with Gasteiger partial charge in [-0.1, -0.05) is 6.42 Å². The lowest BCUT2D eigenvalue weighted by Crippen LogP contribution is -2.44. The van der Waals surface area contributed by atoms with Crippen molar-refractivity contribution < 1.29 is 9.53 Å². The highest BCUT2D eigenvalue weighted by Gasteiger charge is 2.23. The highest BCUT2D eigenvalue weighted by Crippen LogP contribution is 2.22. The third-order valence-electron chi connectivity index (χ3n) is 4.22. The molecular formula is C17H25NO2. The van der Waals surface area contributed by atoms with Crippen LogP contribution >= 0.6 is 0 Å². The number of carbonyl (C=O) groups is 1. The molecule has 1 aliphatic rings. The monoisotopic (exact) mass is 275 g/mol. The topological polar surface area (TPSA) is 29.5 Å². The van der Waals surface area contributed by atoms with Gasteiger partial charge < -0.3 is 4.74 Å². The third-order valence-corrected chi connectivity index (χ3v) is 4.22. The fourth-order valence-electron chi connectivity index (χ4n) is 3.00. The molecule has 1 aromatic carbocycles. The van der Waals surface area contributed by atoms with E-state index in [2.05, 4.69) is 18.7 Å². The summed E-state index contributed by atoms with van der Waals surface area (Å²) in [6, 6.07) is 8.69. The highest BCUT2D eigenvalue weighted by molar-refractivity contribution is 5.74. The van der Waals surface area contributed by atoms with Crippen molar-refractivity contribution in [2.75, 3.05) is 13.2 Å². The average Bonchev–Trinajstić information content (AvgIpc) is 2.46. The van der Waals surface area contributed by atoms with E-state index in [1.807, 2.05) is 12.1 Å². The van der Waals surface area contributed by atoms with E-state index in [4.69, 9.17) is 4.74 Å². The maximum absolute atomic E-state index is 10.6. The van der Waals surface area contributed by atoms with Crippen molar-refractivity contribution in [3.8, 4) is 5.75 Å². The maximum Gasteiger partial charge on any atom is 0.150 e. The summed E-state index contributed by atoms with van der Waals surface area (Å²) in [6.45, 7) is 6.49. The second-order valence-electron chi connectivity index (χ2n) is 5.76. The van der Waals surface area contributed by atoms with Gasteiger partial charge in [-0.15, -0.1) is 0 Å². The van der Waals surface area contributed by atoms with Crippen molar-refractivity contribution >= 4 is 6.29 Å². The minimum Gasteiger partial charge on any atom is -0.494 e. The molecule has 20 heavy (non-hydrogen) atoms. The first-order valence-corrected chi connectivity index (χ1v) is 7.64. The molecule has 0 saturated carbocycles. The molecule has 0 spiro atoms. The summed E-state index contributed by atoms with van der Waals surface area (Å²) < 4.78 is 5.72. The first-order chi connectivity index (χ1) is 9.70. The quantitative estimate of drug-likeness (QED) is 0.587. The molecule has 0 N–H and O–H groups in total. The maximum atomic E-state index is 10.6.